The van der Waals surface area contributed by atoms with Crippen LogP contribution in [0.3, 0.4) is 0 Å². The zero-order chi connectivity index (χ0) is 16.3. The molecule has 0 radical (unpaired) electrons. The average molecular weight is 342 g/mol. The molecule has 1 aromatic rings. The molecule has 1 N–H and O–H groups in total. The average Bonchev–Trinajstić information content (AvgIpc) is 2.86. The number of aromatic nitrogens is 2. The summed E-state index contributed by atoms with van der Waals surface area (Å²) >= 11 is 6.04. The van der Waals surface area contributed by atoms with Gasteiger partial charge in [0, 0.05) is 31.4 Å². The van der Waals surface area contributed by atoms with Gasteiger partial charge in [-0.1, -0.05) is 25.4 Å². The molecule has 120 valence electrons. The second-order valence-corrected chi connectivity index (χ2v) is 6.74. The number of hydrogen-bond donors (Lipinski definition) is 1. The van der Waals surface area contributed by atoms with E-state index < -0.39 is 10.8 Å². The number of halogens is 1. The summed E-state index contributed by atoms with van der Waals surface area (Å²) in [6.07, 6.45) is 3.77. The van der Waals surface area contributed by atoms with E-state index in [-0.39, 0.29) is 15.9 Å². The van der Waals surface area contributed by atoms with Gasteiger partial charge in [-0.3, -0.25) is 4.21 Å². The highest BCUT2D eigenvalue weighted by molar-refractivity contribution is 7.84. The molecular weight excluding hydrogens is 322 g/mol. The highest BCUT2D eigenvalue weighted by Gasteiger charge is 2.34. The number of rotatable bonds is 2. The fourth-order valence-electron chi connectivity index (χ4n) is 2.83. The summed E-state index contributed by atoms with van der Waals surface area (Å²) in [5.41, 5.74) is 0.266. The lowest BCUT2D eigenvalue weighted by molar-refractivity contribution is 0.462. The summed E-state index contributed by atoms with van der Waals surface area (Å²) < 4.78 is 11.6. The Morgan fingerprint density at radius 3 is 2.41 bits per heavy atom. The maximum Gasteiger partial charge on any atom is 0.221 e. The van der Waals surface area contributed by atoms with Crippen molar-refractivity contribution in [2.75, 3.05) is 24.2 Å². The number of anilines is 1. The Bertz CT molecular complexity index is 606. The molecule has 3 heterocycles. The van der Waals surface area contributed by atoms with Gasteiger partial charge in [0.25, 0.3) is 0 Å². The van der Waals surface area contributed by atoms with Crippen LogP contribution in [-0.2, 0) is 10.8 Å². The van der Waals surface area contributed by atoms with Crippen molar-refractivity contribution in [3.8, 4) is 6.07 Å². The third-order valence-corrected chi connectivity index (χ3v) is 4.68. The Labute approximate surface area is 138 Å². The molecule has 8 heteroatoms. The molecule has 2 aliphatic rings. The number of fused-ring (bicyclic) bond motifs is 2. The molecule has 2 bridgehead atoms. The molecule has 1 aromatic heterocycles. The molecule has 2 saturated heterocycles. The molecule has 6 nitrogen and oxygen atoms in total. The van der Waals surface area contributed by atoms with E-state index in [4.69, 9.17) is 11.6 Å². The van der Waals surface area contributed by atoms with Gasteiger partial charge in [-0.05, 0) is 12.8 Å². The van der Waals surface area contributed by atoms with E-state index in [9.17, 15) is 9.47 Å². The van der Waals surface area contributed by atoms with Crippen LogP contribution in [0.2, 0.25) is 5.15 Å². The maximum atomic E-state index is 11.6. The largest absolute Gasteiger partial charge is 0.352 e. The first-order valence-electron chi connectivity index (χ1n) is 7.40. The Morgan fingerprint density at radius 1 is 1.32 bits per heavy atom. The van der Waals surface area contributed by atoms with Gasteiger partial charge in [0.1, 0.15) is 11.6 Å². The van der Waals surface area contributed by atoms with Gasteiger partial charge < -0.3 is 10.2 Å². The third-order valence-electron chi connectivity index (χ3n) is 3.71. The normalized spacial score (nSPS) is 24.2. The van der Waals surface area contributed by atoms with Gasteiger partial charge in [0.15, 0.2) is 11.0 Å². The van der Waals surface area contributed by atoms with Crippen LogP contribution in [0.25, 0.3) is 0 Å². The number of piperazine rings is 1. The van der Waals surface area contributed by atoms with Gasteiger partial charge in [-0.15, -0.1) is 0 Å². The fraction of sp³-hybridized carbons (Fsp3) is 0.643. The first-order valence-corrected chi connectivity index (χ1v) is 9.34. The van der Waals surface area contributed by atoms with Crippen LogP contribution in [0, 0.1) is 11.3 Å². The van der Waals surface area contributed by atoms with Crippen LogP contribution in [-0.4, -0.2) is 45.6 Å². The van der Waals surface area contributed by atoms with Gasteiger partial charge in [0.2, 0.25) is 5.16 Å². The minimum Gasteiger partial charge on any atom is -0.352 e. The van der Waals surface area contributed by atoms with Gasteiger partial charge in [0.05, 0.1) is 10.8 Å². The molecule has 0 saturated carbocycles. The topological polar surface area (TPSA) is 81.9 Å². The molecule has 3 rings (SSSR count). The van der Waals surface area contributed by atoms with Crippen LogP contribution in [0.4, 0.5) is 5.82 Å². The van der Waals surface area contributed by atoms with Crippen molar-refractivity contribution in [2.45, 2.75) is 43.9 Å². The van der Waals surface area contributed by atoms with Gasteiger partial charge in [-0.2, -0.15) is 5.26 Å². The Kier molecular flexibility index (Phi) is 5.73. The number of nitrogens with zero attached hydrogens (tertiary/aromatic N) is 4. The summed E-state index contributed by atoms with van der Waals surface area (Å²) in [5, 5.41) is 13.0. The second kappa shape index (κ2) is 7.36. The van der Waals surface area contributed by atoms with E-state index in [2.05, 4.69) is 26.3 Å². The second-order valence-electron chi connectivity index (χ2n) is 5.10. The Balaban J connectivity index is 0.000000847. The smallest absolute Gasteiger partial charge is 0.221 e. The van der Waals surface area contributed by atoms with Crippen molar-refractivity contribution in [2.24, 2.45) is 0 Å². The summed E-state index contributed by atoms with van der Waals surface area (Å²) in [7, 11) is -1.32. The van der Waals surface area contributed by atoms with Crippen LogP contribution < -0.4 is 10.2 Å². The molecule has 0 amide bonds. The monoisotopic (exact) mass is 341 g/mol. The molecule has 0 aromatic carbocycles. The molecule has 0 spiro atoms. The lowest BCUT2D eigenvalue weighted by Crippen LogP contribution is -2.51. The van der Waals surface area contributed by atoms with Crippen molar-refractivity contribution >= 4 is 28.2 Å². The molecule has 3 atom stereocenters. The summed E-state index contributed by atoms with van der Waals surface area (Å²) in [6.45, 7) is 5.57. The zero-order valence-corrected chi connectivity index (χ0v) is 14.5. The molecule has 22 heavy (non-hydrogen) atoms. The molecule has 0 aliphatic carbocycles. The first-order chi connectivity index (χ1) is 10.6. The highest BCUT2D eigenvalue weighted by atomic mass is 35.5. The number of nitriles is 1. The quantitative estimate of drug-likeness (QED) is 0.651. The SMILES string of the molecule is CC.CS(=O)c1nc(Cl)c(C#N)c(N2CC3CCC(C2)N3)n1. The van der Waals surface area contributed by atoms with Crippen molar-refractivity contribution in [1.82, 2.24) is 15.3 Å². The van der Waals surface area contributed by atoms with Gasteiger partial charge in [-0.25, -0.2) is 9.97 Å². The first kappa shape index (κ1) is 17.1. The Morgan fingerprint density at radius 2 is 1.91 bits per heavy atom. The minimum absolute atomic E-state index is 0.0774. The predicted molar refractivity (Wildman–Crippen MR) is 87.6 cm³/mol. The summed E-state index contributed by atoms with van der Waals surface area (Å²) in [5.74, 6) is 0.510. The minimum atomic E-state index is -1.32. The standard InChI is InChI=1S/C12H14ClN5OS.C2H6/c1-20(19)12-16-10(13)9(4-14)11(17-12)18-5-7-2-3-8(6-18)15-7;1-2/h7-8,15H,2-3,5-6H2,1H3;1-2H3. The van der Waals surface area contributed by atoms with Crippen LogP contribution in [0.5, 0.6) is 0 Å². The predicted octanol–water partition coefficient (Wildman–Crippen LogP) is 1.71. The molecule has 3 unspecified atom stereocenters. The van der Waals surface area contributed by atoms with Crippen molar-refractivity contribution < 1.29 is 4.21 Å². The lowest BCUT2D eigenvalue weighted by Gasteiger charge is -2.34. The van der Waals surface area contributed by atoms with E-state index in [0.29, 0.717) is 17.9 Å². The highest BCUT2D eigenvalue weighted by Crippen LogP contribution is 2.29. The maximum absolute atomic E-state index is 11.6. The van der Waals surface area contributed by atoms with E-state index in [1.807, 2.05) is 13.8 Å². The third kappa shape index (κ3) is 3.40. The van der Waals surface area contributed by atoms with E-state index in [0.717, 1.165) is 25.9 Å². The fourth-order valence-corrected chi connectivity index (χ4v) is 3.52. The number of nitrogens with one attached hydrogen (secondary N) is 1. The molecule has 2 fully saturated rings. The van der Waals surface area contributed by atoms with Crippen LogP contribution in [0.1, 0.15) is 32.3 Å². The molecule has 2 aliphatic heterocycles. The van der Waals surface area contributed by atoms with Gasteiger partial charge >= 0.3 is 0 Å². The Hall–Kier alpha value is -1.23. The summed E-state index contributed by atoms with van der Waals surface area (Å²) in [4.78, 5) is 10.3. The lowest BCUT2D eigenvalue weighted by atomic mass is 10.2. The van der Waals surface area contributed by atoms with E-state index >= 15 is 0 Å². The summed E-state index contributed by atoms with van der Waals surface area (Å²) in [6, 6.07) is 2.90. The van der Waals surface area contributed by atoms with E-state index in [1.165, 1.54) is 6.26 Å². The van der Waals surface area contributed by atoms with Crippen LogP contribution in [0.15, 0.2) is 5.16 Å². The zero-order valence-electron chi connectivity index (χ0n) is 13.0. The van der Waals surface area contributed by atoms with Crippen molar-refractivity contribution in [3.05, 3.63) is 10.7 Å². The van der Waals surface area contributed by atoms with E-state index in [1.54, 1.807) is 0 Å². The molecular formula is C14H20ClN5OS. The van der Waals surface area contributed by atoms with Crippen molar-refractivity contribution in [1.29, 1.82) is 5.26 Å². The van der Waals surface area contributed by atoms with Crippen LogP contribution >= 0.6 is 11.6 Å². The van der Waals surface area contributed by atoms with Crippen molar-refractivity contribution in [3.63, 3.8) is 0 Å². The number of hydrogen-bond acceptors (Lipinski definition) is 6.